The van der Waals surface area contributed by atoms with Gasteiger partial charge in [-0.1, -0.05) is 19.8 Å². The van der Waals surface area contributed by atoms with Crippen LogP contribution in [0.5, 0.6) is 0 Å². The van der Waals surface area contributed by atoms with E-state index in [9.17, 15) is 37.1 Å². The molecule has 1 saturated heterocycles. The summed E-state index contributed by atoms with van der Waals surface area (Å²) >= 11 is 0. The number of carbonyl (C=O) groups excluding carboxylic acids is 1. The topological polar surface area (TPSA) is 101 Å². The molecule has 0 aliphatic carbocycles. The van der Waals surface area contributed by atoms with E-state index in [0.717, 1.165) is 29.0 Å². The highest BCUT2D eigenvalue weighted by molar-refractivity contribution is 5.83. The van der Waals surface area contributed by atoms with Crippen LogP contribution in [0.25, 0.3) is 11.1 Å². The minimum atomic E-state index is -4.87. The van der Waals surface area contributed by atoms with Crippen LogP contribution < -0.4 is 10.9 Å². The van der Waals surface area contributed by atoms with Gasteiger partial charge in [-0.05, 0) is 86.4 Å². The number of rotatable bonds is 12. The molecule has 286 valence electrons. The van der Waals surface area contributed by atoms with Crippen LogP contribution in [0.4, 0.5) is 26.3 Å². The summed E-state index contributed by atoms with van der Waals surface area (Å²) in [6, 6.07) is 0.320. The molecule has 0 unspecified atom stereocenters. The Hall–Kier alpha value is -4.61. The van der Waals surface area contributed by atoms with Crippen molar-refractivity contribution < 1.29 is 45.8 Å². The van der Waals surface area contributed by atoms with Gasteiger partial charge in [-0.25, -0.2) is 13.2 Å². The molecule has 14 heteroatoms. The lowest BCUT2D eigenvalue weighted by Gasteiger charge is -2.27. The highest BCUT2D eigenvalue weighted by Crippen LogP contribution is 2.38. The van der Waals surface area contributed by atoms with E-state index in [1.165, 1.54) is 20.8 Å². The standard InChI is InChI=1S/C39H43F6N3O5/c1-6-8-25-18-29(41)36(37(42)35(25)34-23(4)16-27(40)17-24(34)5)30(20-33(50)51)46-38(52)31(15-22(2)3)48-21-26(28(19-32(48)49)39(43,44)45)9-11-47-10-7-13-53-14-12-47/h16-19,21-22,30-31H,7,9-15,20H2,1-5H3,(H,46,52)(H,50,51)/t30-,31-/m1/s1. The van der Waals surface area contributed by atoms with E-state index in [0.29, 0.717) is 38.8 Å². The fraction of sp³-hybridized carbons (Fsp3) is 0.462. The van der Waals surface area contributed by atoms with Crippen molar-refractivity contribution in [2.45, 2.75) is 78.6 Å². The van der Waals surface area contributed by atoms with Gasteiger partial charge in [0.2, 0.25) is 5.91 Å². The molecule has 0 spiro atoms. The predicted molar refractivity (Wildman–Crippen MR) is 187 cm³/mol. The summed E-state index contributed by atoms with van der Waals surface area (Å²) < 4.78 is 95.8. The van der Waals surface area contributed by atoms with Crippen LogP contribution in [-0.4, -0.2) is 59.3 Å². The Bertz CT molecular complexity index is 1930. The van der Waals surface area contributed by atoms with Gasteiger partial charge in [-0.15, -0.1) is 5.92 Å². The lowest BCUT2D eigenvalue weighted by molar-refractivity contribution is -0.139. The molecule has 0 bridgehead atoms. The number of carboxylic acid groups (broad SMARTS) is 1. The summed E-state index contributed by atoms with van der Waals surface area (Å²) in [5.74, 6) is -0.705. The number of alkyl halides is 3. The molecule has 0 radical (unpaired) electrons. The smallest absolute Gasteiger partial charge is 0.416 e. The molecule has 0 saturated carbocycles. The average Bonchev–Trinajstić information content (AvgIpc) is 3.32. The van der Waals surface area contributed by atoms with Gasteiger partial charge in [0, 0.05) is 55.2 Å². The van der Waals surface area contributed by atoms with Crippen molar-refractivity contribution in [2.24, 2.45) is 5.92 Å². The maximum atomic E-state index is 16.8. The number of carboxylic acids is 1. The van der Waals surface area contributed by atoms with Crippen LogP contribution >= 0.6 is 0 Å². The number of aryl methyl sites for hydroxylation is 2. The van der Waals surface area contributed by atoms with Crippen molar-refractivity contribution in [3.63, 3.8) is 0 Å². The van der Waals surface area contributed by atoms with Gasteiger partial charge in [-0.2, -0.15) is 13.2 Å². The Morgan fingerprint density at radius 1 is 1.02 bits per heavy atom. The first kappa shape index (κ1) is 41.2. The number of hydrogen-bond donors (Lipinski definition) is 2. The zero-order valence-electron chi connectivity index (χ0n) is 30.2. The van der Waals surface area contributed by atoms with E-state index in [2.05, 4.69) is 17.2 Å². The first-order chi connectivity index (χ1) is 24.9. The molecule has 1 aliphatic rings. The monoisotopic (exact) mass is 747 g/mol. The summed E-state index contributed by atoms with van der Waals surface area (Å²) in [4.78, 5) is 41.5. The maximum Gasteiger partial charge on any atom is 0.416 e. The van der Waals surface area contributed by atoms with Crippen LogP contribution in [0, 0.1) is 49.1 Å². The third-order valence-electron chi connectivity index (χ3n) is 9.12. The SMILES string of the molecule is CC#Cc1cc(F)c([C@@H](CC(=O)O)NC(=O)[C@@H](CC(C)C)n2cc(CCN3CCCOCC3)c(C(F)(F)F)cc2=O)c(F)c1-c1c(C)cc(F)cc1C. The summed E-state index contributed by atoms with van der Waals surface area (Å²) in [6.07, 6.45) is -4.38. The number of amides is 1. The largest absolute Gasteiger partial charge is 0.481 e. The number of nitrogens with one attached hydrogen (secondary N) is 1. The summed E-state index contributed by atoms with van der Waals surface area (Å²) in [7, 11) is 0. The number of pyridine rings is 1. The second-order valence-corrected chi connectivity index (χ2v) is 13.6. The van der Waals surface area contributed by atoms with Crippen molar-refractivity contribution in [1.29, 1.82) is 0 Å². The summed E-state index contributed by atoms with van der Waals surface area (Å²) in [5.41, 5.74) is -2.88. The van der Waals surface area contributed by atoms with E-state index >= 15 is 8.78 Å². The Morgan fingerprint density at radius 2 is 1.70 bits per heavy atom. The Balaban J connectivity index is 1.83. The summed E-state index contributed by atoms with van der Waals surface area (Å²) in [5, 5.41) is 12.2. The number of nitrogens with zero attached hydrogens (tertiary/aromatic N) is 2. The fourth-order valence-corrected chi connectivity index (χ4v) is 6.80. The van der Waals surface area contributed by atoms with Crippen LogP contribution in [0.3, 0.4) is 0 Å². The number of aromatic nitrogens is 1. The number of carbonyl (C=O) groups is 2. The van der Waals surface area contributed by atoms with E-state index < -0.39 is 70.7 Å². The molecular formula is C39H43F6N3O5. The Labute approximate surface area is 304 Å². The van der Waals surface area contributed by atoms with Gasteiger partial charge in [-0.3, -0.25) is 14.4 Å². The van der Waals surface area contributed by atoms with E-state index in [1.54, 1.807) is 13.8 Å². The molecule has 2 atom stereocenters. The van der Waals surface area contributed by atoms with Crippen molar-refractivity contribution in [3.05, 3.63) is 91.6 Å². The molecule has 1 aromatic heterocycles. The molecule has 1 fully saturated rings. The minimum absolute atomic E-state index is 0.0883. The van der Waals surface area contributed by atoms with Crippen LogP contribution in [0.1, 0.15) is 85.5 Å². The molecule has 4 rings (SSSR count). The van der Waals surface area contributed by atoms with Gasteiger partial charge in [0.25, 0.3) is 5.56 Å². The van der Waals surface area contributed by atoms with Gasteiger partial charge < -0.3 is 24.6 Å². The highest BCUT2D eigenvalue weighted by Gasteiger charge is 2.37. The van der Waals surface area contributed by atoms with Gasteiger partial charge >= 0.3 is 12.1 Å². The first-order valence-corrected chi connectivity index (χ1v) is 17.3. The van der Waals surface area contributed by atoms with Crippen molar-refractivity contribution in [3.8, 4) is 23.0 Å². The van der Waals surface area contributed by atoms with E-state index in [4.69, 9.17) is 4.74 Å². The molecule has 3 aromatic rings. The fourth-order valence-electron chi connectivity index (χ4n) is 6.80. The number of halogens is 6. The van der Waals surface area contributed by atoms with Crippen LogP contribution in [0.2, 0.25) is 0 Å². The minimum Gasteiger partial charge on any atom is -0.481 e. The van der Waals surface area contributed by atoms with Crippen molar-refractivity contribution in [2.75, 3.05) is 32.8 Å². The normalized spacial score (nSPS) is 15.0. The molecule has 1 amide bonds. The van der Waals surface area contributed by atoms with Crippen LogP contribution in [0.15, 0.2) is 35.3 Å². The molecule has 2 heterocycles. The second-order valence-electron chi connectivity index (χ2n) is 13.6. The quantitative estimate of drug-likeness (QED) is 0.151. The lowest BCUT2D eigenvalue weighted by atomic mass is 9.88. The molecular weight excluding hydrogens is 704 g/mol. The second kappa shape index (κ2) is 17.5. The van der Waals surface area contributed by atoms with Gasteiger partial charge in [0.1, 0.15) is 23.5 Å². The average molecular weight is 748 g/mol. The van der Waals surface area contributed by atoms with Gasteiger partial charge in [0.05, 0.1) is 24.6 Å². The number of benzene rings is 2. The third kappa shape index (κ3) is 10.1. The Kier molecular flexibility index (Phi) is 13.6. The number of ether oxygens (including phenoxy) is 1. The van der Waals surface area contributed by atoms with Crippen LogP contribution in [-0.2, 0) is 26.9 Å². The molecule has 8 nitrogen and oxygen atoms in total. The Morgan fingerprint density at radius 3 is 2.30 bits per heavy atom. The van der Waals surface area contributed by atoms with Gasteiger partial charge in [0.15, 0.2) is 0 Å². The zero-order chi connectivity index (χ0) is 39.2. The lowest BCUT2D eigenvalue weighted by Crippen LogP contribution is -2.41. The zero-order valence-corrected chi connectivity index (χ0v) is 30.2. The molecule has 1 aliphatic heterocycles. The highest BCUT2D eigenvalue weighted by atomic mass is 19.4. The summed E-state index contributed by atoms with van der Waals surface area (Å²) in [6.45, 7) is 10.2. The predicted octanol–water partition coefficient (Wildman–Crippen LogP) is 7.12. The van der Waals surface area contributed by atoms with Crippen molar-refractivity contribution >= 4 is 11.9 Å². The first-order valence-electron chi connectivity index (χ1n) is 17.3. The van der Waals surface area contributed by atoms with E-state index in [1.807, 2.05) is 4.90 Å². The molecule has 2 N–H and O–H groups in total. The molecule has 53 heavy (non-hydrogen) atoms. The number of aliphatic carboxylic acids is 1. The maximum absolute atomic E-state index is 16.8. The van der Waals surface area contributed by atoms with E-state index in [-0.39, 0.29) is 58.7 Å². The number of hydrogen-bond acceptors (Lipinski definition) is 5. The third-order valence-corrected chi connectivity index (χ3v) is 9.12. The van der Waals surface area contributed by atoms with Crippen molar-refractivity contribution in [1.82, 2.24) is 14.8 Å². The molecule has 2 aromatic carbocycles.